The molecular formula is C12H13N2O2. The average Bonchev–Trinajstić information content (AvgIpc) is 2.30. The molecule has 83 valence electrons. The van der Waals surface area contributed by atoms with Gasteiger partial charge in [-0.25, -0.2) is 5.32 Å². The van der Waals surface area contributed by atoms with Crippen molar-refractivity contribution in [3.8, 4) is 0 Å². The average molecular weight is 217 g/mol. The first-order valence-electron chi connectivity index (χ1n) is 5.26. The van der Waals surface area contributed by atoms with Crippen molar-refractivity contribution in [1.29, 1.82) is 0 Å². The van der Waals surface area contributed by atoms with E-state index in [1.54, 1.807) is 12.1 Å². The Morgan fingerprint density at radius 1 is 1.44 bits per heavy atom. The van der Waals surface area contributed by atoms with Crippen LogP contribution in [0.5, 0.6) is 0 Å². The number of hydrogen-bond acceptors (Lipinski definition) is 2. The van der Waals surface area contributed by atoms with Crippen LogP contribution in [-0.4, -0.2) is 18.0 Å². The highest BCUT2D eigenvalue weighted by molar-refractivity contribution is 5.70. The molecular weight excluding hydrogens is 204 g/mol. The number of aryl methyl sites for hydroxylation is 1. The van der Waals surface area contributed by atoms with Gasteiger partial charge < -0.3 is 0 Å². The zero-order chi connectivity index (χ0) is 11.5. The number of hydrogen-bond donors (Lipinski definition) is 0. The van der Waals surface area contributed by atoms with Crippen LogP contribution in [-0.2, 0) is 0 Å². The Kier molecular flexibility index (Phi) is 3.01. The Morgan fingerprint density at radius 3 is 2.81 bits per heavy atom. The predicted octanol–water partition coefficient (Wildman–Crippen LogP) is 2.29. The van der Waals surface area contributed by atoms with Crippen LogP contribution in [0.15, 0.2) is 24.3 Å². The molecule has 0 atom stereocenters. The summed E-state index contributed by atoms with van der Waals surface area (Å²) >= 11 is 0. The maximum Gasteiger partial charge on any atom is 0.269 e. The molecule has 0 saturated heterocycles. The predicted molar refractivity (Wildman–Crippen MR) is 62.3 cm³/mol. The van der Waals surface area contributed by atoms with Crippen LogP contribution >= 0.6 is 0 Å². The molecule has 1 heterocycles. The largest absolute Gasteiger partial charge is 0.269 e. The normalized spacial score (nSPS) is 15.7. The van der Waals surface area contributed by atoms with E-state index in [1.165, 1.54) is 5.57 Å². The maximum absolute atomic E-state index is 10.6. The van der Waals surface area contributed by atoms with E-state index < -0.39 is 0 Å². The van der Waals surface area contributed by atoms with Crippen LogP contribution in [0.25, 0.3) is 5.57 Å². The molecule has 16 heavy (non-hydrogen) atoms. The molecule has 4 heteroatoms. The fourth-order valence-electron chi connectivity index (χ4n) is 1.93. The molecule has 1 aromatic rings. The molecule has 0 fully saturated rings. The topological polar surface area (TPSA) is 57.2 Å². The number of rotatable bonds is 2. The third-order valence-corrected chi connectivity index (χ3v) is 2.77. The van der Waals surface area contributed by atoms with Crippen LogP contribution in [0.1, 0.15) is 17.5 Å². The molecule has 1 aliphatic heterocycles. The van der Waals surface area contributed by atoms with E-state index in [0.29, 0.717) is 0 Å². The van der Waals surface area contributed by atoms with Crippen LogP contribution in [0.3, 0.4) is 0 Å². The molecule has 2 rings (SSSR count). The van der Waals surface area contributed by atoms with Crippen molar-refractivity contribution in [2.75, 3.05) is 13.1 Å². The second-order valence-electron chi connectivity index (χ2n) is 3.87. The first-order chi connectivity index (χ1) is 7.68. The van der Waals surface area contributed by atoms with E-state index >= 15 is 0 Å². The van der Waals surface area contributed by atoms with E-state index in [2.05, 4.69) is 11.4 Å². The summed E-state index contributed by atoms with van der Waals surface area (Å²) in [5.74, 6) is 0. The minimum atomic E-state index is -0.360. The van der Waals surface area contributed by atoms with Gasteiger partial charge in [0.2, 0.25) is 0 Å². The van der Waals surface area contributed by atoms with Gasteiger partial charge in [0.1, 0.15) is 0 Å². The third kappa shape index (κ3) is 2.12. The molecule has 1 aliphatic rings. The van der Waals surface area contributed by atoms with E-state index in [9.17, 15) is 10.1 Å². The van der Waals surface area contributed by atoms with Gasteiger partial charge in [-0.15, -0.1) is 0 Å². The van der Waals surface area contributed by atoms with E-state index in [1.807, 2.05) is 13.0 Å². The Morgan fingerprint density at radius 2 is 2.25 bits per heavy atom. The number of nitrogens with zero attached hydrogens (tertiary/aromatic N) is 2. The van der Waals surface area contributed by atoms with Crippen molar-refractivity contribution in [3.63, 3.8) is 0 Å². The Bertz CT molecular complexity index is 452. The van der Waals surface area contributed by atoms with Gasteiger partial charge in [0.25, 0.3) is 5.69 Å². The quantitative estimate of drug-likeness (QED) is 0.563. The lowest BCUT2D eigenvalue weighted by Gasteiger charge is -2.14. The molecule has 0 saturated carbocycles. The van der Waals surface area contributed by atoms with E-state index in [-0.39, 0.29) is 10.6 Å². The highest BCUT2D eigenvalue weighted by Gasteiger charge is 2.12. The van der Waals surface area contributed by atoms with Crippen LogP contribution in [0, 0.1) is 17.0 Å². The van der Waals surface area contributed by atoms with Gasteiger partial charge in [-0.1, -0.05) is 6.08 Å². The van der Waals surface area contributed by atoms with Crippen molar-refractivity contribution in [2.45, 2.75) is 13.3 Å². The van der Waals surface area contributed by atoms with Crippen LogP contribution in [0.2, 0.25) is 0 Å². The van der Waals surface area contributed by atoms with Crippen LogP contribution in [0.4, 0.5) is 5.69 Å². The zero-order valence-electron chi connectivity index (χ0n) is 9.14. The van der Waals surface area contributed by atoms with Gasteiger partial charge in [-0.2, -0.15) is 0 Å². The minimum Gasteiger partial charge on any atom is -0.258 e. The lowest BCUT2D eigenvalue weighted by Crippen LogP contribution is -2.13. The number of nitro benzene ring substituents is 1. The Balaban J connectivity index is 2.35. The molecule has 0 amide bonds. The standard InChI is InChI=1S/C12H13N2O2/c1-9-8-11(14(15)16)2-3-12(9)10-4-6-13-7-5-10/h2-4,8H,5-7H2,1H3. The lowest BCUT2D eigenvalue weighted by molar-refractivity contribution is -0.384. The second kappa shape index (κ2) is 4.45. The summed E-state index contributed by atoms with van der Waals surface area (Å²) in [6.07, 6.45) is 3.02. The molecule has 1 radical (unpaired) electrons. The number of benzene rings is 1. The summed E-state index contributed by atoms with van der Waals surface area (Å²) in [6.45, 7) is 3.52. The Hall–Kier alpha value is -1.68. The Labute approximate surface area is 94.1 Å². The summed E-state index contributed by atoms with van der Waals surface area (Å²) in [4.78, 5) is 10.3. The fourth-order valence-corrected chi connectivity index (χ4v) is 1.93. The smallest absolute Gasteiger partial charge is 0.258 e. The highest BCUT2D eigenvalue weighted by atomic mass is 16.6. The van der Waals surface area contributed by atoms with Crippen molar-refractivity contribution < 1.29 is 4.92 Å². The van der Waals surface area contributed by atoms with E-state index in [0.717, 1.165) is 30.6 Å². The molecule has 0 aliphatic carbocycles. The lowest BCUT2D eigenvalue weighted by atomic mass is 9.96. The monoisotopic (exact) mass is 217 g/mol. The molecule has 0 N–H and O–H groups in total. The summed E-state index contributed by atoms with van der Waals surface area (Å²) in [5.41, 5.74) is 3.48. The van der Waals surface area contributed by atoms with Crippen LogP contribution < -0.4 is 5.32 Å². The number of non-ortho nitro benzene ring substituents is 1. The molecule has 0 unspecified atom stereocenters. The van der Waals surface area contributed by atoms with Gasteiger partial charge in [0.15, 0.2) is 0 Å². The van der Waals surface area contributed by atoms with Crippen molar-refractivity contribution in [3.05, 3.63) is 45.5 Å². The molecule has 0 bridgehead atoms. The highest BCUT2D eigenvalue weighted by Crippen LogP contribution is 2.26. The fraction of sp³-hybridized carbons (Fsp3) is 0.333. The molecule has 4 nitrogen and oxygen atoms in total. The SMILES string of the molecule is Cc1cc([N+](=O)[O-])ccc1C1=CC[N]CC1. The molecule has 0 aromatic heterocycles. The zero-order valence-corrected chi connectivity index (χ0v) is 9.14. The minimum absolute atomic E-state index is 0.155. The van der Waals surface area contributed by atoms with Crippen molar-refractivity contribution >= 4 is 11.3 Å². The third-order valence-electron chi connectivity index (χ3n) is 2.77. The van der Waals surface area contributed by atoms with Crippen molar-refractivity contribution in [1.82, 2.24) is 5.32 Å². The molecule has 0 spiro atoms. The van der Waals surface area contributed by atoms with Gasteiger partial charge in [-0.05, 0) is 36.1 Å². The first kappa shape index (κ1) is 10.8. The summed E-state index contributed by atoms with van der Waals surface area (Å²) < 4.78 is 0. The first-order valence-corrected chi connectivity index (χ1v) is 5.26. The van der Waals surface area contributed by atoms with Gasteiger partial charge >= 0.3 is 0 Å². The second-order valence-corrected chi connectivity index (χ2v) is 3.87. The number of nitro groups is 1. The summed E-state index contributed by atoms with van der Waals surface area (Å²) in [5, 5.41) is 14.9. The van der Waals surface area contributed by atoms with E-state index in [4.69, 9.17) is 0 Å². The van der Waals surface area contributed by atoms with Gasteiger partial charge in [0.05, 0.1) is 4.92 Å². The van der Waals surface area contributed by atoms with Crippen molar-refractivity contribution in [2.24, 2.45) is 0 Å². The molecule has 1 aromatic carbocycles. The summed E-state index contributed by atoms with van der Waals surface area (Å²) in [6, 6.07) is 5.03. The summed E-state index contributed by atoms with van der Waals surface area (Å²) in [7, 11) is 0. The maximum atomic E-state index is 10.6. The van der Waals surface area contributed by atoms with Gasteiger partial charge in [-0.3, -0.25) is 10.1 Å². The van der Waals surface area contributed by atoms with Gasteiger partial charge in [0, 0.05) is 25.2 Å².